The van der Waals surface area contributed by atoms with Crippen LogP contribution in [0.4, 0.5) is 11.6 Å². The molecule has 3 aliphatic heterocycles. The second kappa shape index (κ2) is 8.89. The number of anilines is 2. The average molecular weight is 486 g/mol. The summed E-state index contributed by atoms with van der Waals surface area (Å²) in [6.07, 6.45) is 9.68. The van der Waals surface area contributed by atoms with Crippen LogP contribution in [-0.4, -0.2) is 58.8 Å². The predicted molar refractivity (Wildman–Crippen MR) is 134 cm³/mol. The number of piperidine rings is 2. The van der Waals surface area contributed by atoms with E-state index in [1.807, 2.05) is 16.4 Å². The van der Waals surface area contributed by atoms with Crippen molar-refractivity contribution in [2.45, 2.75) is 88.6 Å². The Hall–Kier alpha value is -2.01. The van der Waals surface area contributed by atoms with Gasteiger partial charge in [0.25, 0.3) is 0 Å². The van der Waals surface area contributed by atoms with Gasteiger partial charge in [-0.2, -0.15) is 4.31 Å². The van der Waals surface area contributed by atoms with Gasteiger partial charge in [-0.15, -0.1) is 0 Å². The molecule has 4 fully saturated rings. The van der Waals surface area contributed by atoms with Gasteiger partial charge in [0.1, 0.15) is 11.6 Å². The van der Waals surface area contributed by atoms with Gasteiger partial charge in [-0.1, -0.05) is 6.42 Å². The van der Waals surface area contributed by atoms with Crippen molar-refractivity contribution in [3.8, 4) is 0 Å². The molecule has 2 aromatic heterocycles. The summed E-state index contributed by atoms with van der Waals surface area (Å²) in [7, 11) is -3.18. The Kier molecular flexibility index (Phi) is 5.87. The fraction of sp³-hybridized carbons (Fsp3) is 0.667. The standard InChI is InChI=1S/C24H35N7O2S/c1-15-10-23(30-29-15)27-22-13-21-20(6-3-9-25-21)24(28-22)26-17-11-18-4-2-5-19(12-17)31(18)34(32,33)14-16-7-8-16/h3,6,9,13,15-19,23,29-30H,2,4-5,7-8,10-12,14H2,1H3,(H2,26,27,28)/t15?,17?,18-,19+,23?. The number of sulfonamides is 1. The fourth-order valence-corrected chi connectivity index (χ4v) is 8.41. The lowest BCUT2D eigenvalue weighted by atomic mass is 9.84. The van der Waals surface area contributed by atoms with Crippen LogP contribution in [-0.2, 0) is 10.0 Å². The zero-order valence-corrected chi connectivity index (χ0v) is 20.5. The normalized spacial score (nSPS) is 32.1. The maximum atomic E-state index is 13.2. The van der Waals surface area contributed by atoms with Gasteiger partial charge in [0, 0.05) is 41.8 Å². The molecule has 4 aliphatic rings. The SMILES string of the molecule is CC1CC(Nc2cc3ncccc3c(NC3C[C@H]4CCC[C@@H](C3)N4S(=O)(=O)CC3CC3)n2)NN1. The monoisotopic (exact) mass is 485 g/mol. The van der Waals surface area contributed by atoms with E-state index in [0.29, 0.717) is 17.7 Å². The zero-order chi connectivity index (χ0) is 23.3. The van der Waals surface area contributed by atoms with E-state index in [0.717, 1.165) is 73.9 Å². The van der Waals surface area contributed by atoms with Crippen LogP contribution in [0.2, 0.25) is 0 Å². The van der Waals surface area contributed by atoms with E-state index in [4.69, 9.17) is 4.98 Å². The largest absolute Gasteiger partial charge is 0.367 e. The lowest BCUT2D eigenvalue weighted by Gasteiger charge is -2.48. The van der Waals surface area contributed by atoms with Crippen molar-refractivity contribution in [2.75, 3.05) is 16.4 Å². The first-order valence-corrected chi connectivity index (χ1v) is 14.4. The van der Waals surface area contributed by atoms with Crippen molar-refractivity contribution in [2.24, 2.45) is 5.92 Å². The Labute approximate surface area is 201 Å². The summed E-state index contributed by atoms with van der Waals surface area (Å²) in [5, 5.41) is 8.18. The summed E-state index contributed by atoms with van der Waals surface area (Å²) in [6.45, 7) is 2.14. The number of pyridine rings is 2. The molecule has 3 saturated heterocycles. The van der Waals surface area contributed by atoms with Crippen LogP contribution < -0.4 is 21.5 Å². The van der Waals surface area contributed by atoms with Gasteiger partial charge < -0.3 is 10.6 Å². The number of nitrogens with zero attached hydrogens (tertiary/aromatic N) is 3. The second-order valence-corrected chi connectivity index (χ2v) is 12.6. The number of fused-ring (bicyclic) bond motifs is 3. The first-order chi connectivity index (χ1) is 16.4. The smallest absolute Gasteiger partial charge is 0.214 e. The predicted octanol–water partition coefficient (Wildman–Crippen LogP) is 2.79. The summed E-state index contributed by atoms with van der Waals surface area (Å²) < 4.78 is 28.3. The Morgan fingerprint density at radius 2 is 1.88 bits per heavy atom. The van der Waals surface area contributed by atoms with Gasteiger partial charge in [0.2, 0.25) is 10.0 Å². The molecule has 10 heteroatoms. The number of hydrogen-bond acceptors (Lipinski definition) is 8. The van der Waals surface area contributed by atoms with E-state index in [1.165, 1.54) is 0 Å². The molecule has 2 aromatic rings. The molecule has 184 valence electrons. The van der Waals surface area contributed by atoms with Crippen LogP contribution in [0.5, 0.6) is 0 Å². The van der Waals surface area contributed by atoms with E-state index in [1.54, 1.807) is 6.20 Å². The van der Waals surface area contributed by atoms with Crippen molar-refractivity contribution in [3.63, 3.8) is 0 Å². The third-order valence-electron chi connectivity index (χ3n) is 7.73. The molecular formula is C24H35N7O2S. The summed E-state index contributed by atoms with van der Waals surface area (Å²) in [6, 6.07) is 6.76. The number of hydrazine groups is 1. The summed E-state index contributed by atoms with van der Waals surface area (Å²) in [5.41, 5.74) is 7.39. The Bertz CT molecular complexity index is 1140. The lowest BCUT2D eigenvalue weighted by molar-refractivity contribution is 0.115. The number of hydrogen-bond donors (Lipinski definition) is 4. The van der Waals surface area contributed by atoms with Gasteiger partial charge in [-0.05, 0) is 69.9 Å². The molecule has 0 radical (unpaired) electrons. The van der Waals surface area contributed by atoms with E-state index in [2.05, 4.69) is 39.5 Å². The molecule has 6 rings (SSSR count). The fourth-order valence-electron chi connectivity index (χ4n) is 6.02. The molecule has 2 bridgehead atoms. The number of nitrogens with one attached hydrogen (secondary N) is 4. The van der Waals surface area contributed by atoms with Crippen molar-refractivity contribution in [1.82, 2.24) is 25.1 Å². The minimum atomic E-state index is -3.18. The zero-order valence-electron chi connectivity index (χ0n) is 19.7. The van der Waals surface area contributed by atoms with Gasteiger partial charge in [-0.25, -0.2) is 18.8 Å². The molecule has 5 atom stereocenters. The van der Waals surface area contributed by atoms with Crippen LogP contribution in [0.25, 0.3) is 10.9 Å². The third kappa shape index (κ3) is 4.60. The molecule has 0 spiro atoms. The summed E-state index contributed by atoms with van der Waals surface area (Å²) in [4.78, 5) is 9.51. The van der Waals surface area contributed by atoms with Gasteiger partial charge in [0.05, 0.1) is 17.4 Å². The highest BCUT2D eigenvalue weighted by Crippen LogP contribution is 2.40. The van der Waals surface area contributed by atoms with Crippen LogP contribution in [0.15, 0.2) is 24.4 Å². The van der Waals surface area contributed by atoms with E-state index >= 15 is 0 Å². The molecule has 0 aromatic carbocycles. The van der Waals surface area contributed by atoms with Gasteiger partial charge in [-0.3, -0.25) is 10.4 Å². The second-order valence-electron chi connectivity index (χ2n) is 10.7. The molecule has 3 unspecified atom stereocenters. The first-order valence-electron chi connectivity index (χ1n) is 12.8. The van der Waals surface area contributed by atoms with Crippen molar-refractivity contribution in [1.29, 1.82) is 0 Å². The average Bonchev–Trinajstić information content (AvgIpc) is 3.50. The maximum absolute atomic E-state index is 13.2. The Morgan fingerprint density at radius 1 is 1.09 bits per heavy atom. The maximum Gasteiger partial charge on any atom is 0.214 e. The van der Waals surface area contributed by atoms with E-state index in [9.17, 15) is 8.42 Å². The van der Waals surface area contributed by atoms with Gasteiger partial charge >= 0.3 is 0 Å². The number of aromatic nitrogens is 2. The third-order valence-corrected chi connectivity index (χ3v) is 9.86. The van der Waals surface area contributed by atoms with E-state index in [-0.39, 0.29) is 24.3 Å². The van der Waals surface area contributed by atoms with Crippen molar-refractivity contribution < 1.29 is 8.42 Å². The molecule has 4 N–H and O–H groups in total. The minimum absolute atomic E-state index is 0.0923. The Morgan fingerprint density at radius 3 is 2.59 bits per heavy atom. The minimum Gasteiger partial charge on any atom is -0.367 e. The van der Waals surface area contributed by atoms with Crippen LogP contribution in [0.3, 0.4) is 0 Å². The number of rotatable bonds is 7. The highest BCUT2D eigenvalue weighted by Gasteiger charge is 2.45. The topological polar surface area (TPSA) is 111 Å². The highest BCUT2D eigenvalue weighted by atomic mass is 32.2. The molecular weight excluding hydrogens is 450 g/mol. The molecule has 1 saturated carbocycles. The van der Waals surface area contributed by atoms with Crippen molar-refractivity contribution in [3.05, 3.63) is 24.4 Å². The summed E-state index contributed by atoms with van der Waals surface area (Å²) >= 11 is 0. The Balaban J connectivity index is 1.23. The van der Waals surface area contributed by atoms with Crippen LogP contribution in [0, 0.1) is 5.92 Å². The molecule has 34 heavy (non-hydrogen) atoms. The highest BCUT2D eigenvalue weighted by molar-refractivity contribution is 7.89. The van der Waals surface area contributed by atoms with Crippen LogP contribution in [0.1, 0.15) is 58.3 Å². The molecule has 0 amide bonds. The summed E-state index contributed by atoms with van der Waals surface area (Å²) in [5.74, 6) is 2.33. The molecule has 9 nitrogen and oxygen atoms in total. The van der Waals surface area contributed by atoms with Crippen molar-refractivity contribution >= 4 is 32.6 Å². The van der Waals surface area contributed by atoms with E-state index < -0.39 is 10.0 Å². The van der Waals surface area contributed by atoms with Crippen LogP contribution >= 0.6 is 0 Å². The lowest BCUT2D eigenvalue weighted by Crippen LogP contribution is -2.57. The first kappa shape index (κ1) is 22.5. The quantitative estimate of drug-likeness (QED) is 0.474. The van der Waals surface area contributed by atoms with Gasteiger partial charge in [0.15, 0.2) is 0 Å². The molecule has 5 heterocycles. The molecule has 1 aliphatic carbocycles.